The van der Waals surface area contributed by atoms with Crippen molar-refractivity contribution in [2.75, 3.05) is 0 Å². The van der Waals surface area contributed by atoms with Crippen LogP contribution in [0.15, 0.2) is 0 Å². The third kappa shape index (κ3) is 10.3. The third-order valence-electron chi connectivity index (χ3n) is 3.63. The van der Waals surface area contributed by atoms with Gasteiger partial charge in [0.25, 0.3) is 0 Å². The van der Waals surface area contributed by atoms with Crippen molar-refractivity contribution < 1.29 is 9.90 Å². The number of rotatable bonds is 10. The molecule has 2 heteroatoms. The van der Waals surface area contributed by atoms with E-state index in [4.69, 9.17) is 5.11 Å². The van der Waals surface area contributed by atoms with Crippen LogP contribution in [0.3, 0.4) is 0 Å². The van der Waals surface area contributed by atoms with Crippen LogP contribution in [-0.2, 0) is 4.79 Å². The molecule has 1 unspecified atom stereocenters. The smallest absolute Gasteiger partial charge is 0.303 e. The van der Waals surface area contributed by atoms with E-state index < -0.39 is 5.97 Å². The van der Waals surface area contributed by atoms with Crippen molar-refractivity contribution in [1.29, 1.82) is 0 Å². The van der Waals surface area contributed by atoms with Gasteiger partial charge >= 0.3 is 5.97 Å². The number of unbranched alkanes of at least 4 members (excludes halogenated alkanes) is 2. The van der Waals surface area contributed by atoms with Gasteiger partial charge in [-0.05, 0) is 24.2 Å². The van der Waals surface area contributed by atoms with Crippen LogP contribution in [0.5, 0.6) is 0 Å². The molecule has 1 N–H and O–H groups in total. The Hall–Kier alpha value is -0.530. The second-order valence-electron chi connectivity index (χ2n) is 6.20. The largest absolute Gasteiger partial charge is 0.481 e. The molecule has 0 aromatic rings. The number of carboxylic acids is 1. The van der Waals surface area contributed by atoms with E-state index in [1.165, 1.54) is 32.1 Å². The number of carbonyl (C=O) groups is 1. The zero-order valence-electron chi connectivity index (χ0n) is 12.1. The maximum atomic E-state index is 10.6. The highest BCUT2D eigenvalue weighted by Gasteiger charge is 2.19. The van der Waals surface area contributed by atoms with Gasteiger partial charge in [0, 0.05) is 6.42 Å². The molecule has 0 fully saturated rings. The van der Waals surface area contributed by atoms with Crippen LogP contribution < -0.4 is 0 Å². The summed E-state index contributed by atoms with van der Waals surface area (Å²) in [5.41, 5.74) is 0.178. The lowest BCUT2D eigenvalue weighted by Crippen LogP contribution is -2.15. The molecule has 0 aliphatic rings. The number of carboxylic acid groups (broad SMARTS) is 1. The second-order valence-corrected chi connectivity index (χ2v) is 6.20. The molecule has 0 bridgehead atoms. The first kappa shape index (κ1) is 16.5. The highest BCUT2D eigenvalue weighted by molar-refractivity contribution is 5.66. The Kier molecular flexibility index (Phi) is 8.28. The van der Waals surface area contributed by atoms with Crippen molar-refractivity contribution in [3.8, 4) is 0 Å². The summed E-state index contributed by atoms with van der Waals surface area (Å²) in [6, 6.07) is 0. The standard InChI is InChI=1S/C15H30O2/c1-5-6-7-8-13(2)9-11-15(3,4)12-10-14(16)17/h13H,5-12H2,1-4H3,(H,16,17). The van der Waals surface area contributed by atoms with Crippen molar-refractivity contribution >= 4 is 5.97 Å². The normalized spacial score (nSPS) is 13.6. The molecule has 102 valence electrons. The van der Waals surface area contributed by atoms with E-state index in [9.17, 15) is 4.79 Å². The third-order valence-corrected chi connectivity index (χ3v) is 3.63. The Morgan fingerprint density at radius 2 is 1.82 bits per heavy atom. The van der Waals surface area contributed by atoms with Crippen LogP contribution in [0.4, 0.5) is 0 Å². The minimum atomic E-state index is -0.672. The topological polar surface area (TPSA) is 37.3 Å². The van der Waals surface area contributed by atoms with E-state index in [2.05, 4.69) is 27.7 Å². The van der Waals surface area contributed by atoms with Gasteiger partial charge in [-0.2, -0.15) is 0 Å². The first-order valence-corrected chi connectivity index (χ1v) is 7.09. The predicted molar refractivity (Wildman–Crippen MR) is 73.2 cm³/mol. The van der Waals surface area contributed by atoms with Gasteiger partial charge in [0.05, 0.1) is 0 Å². The van der Waals surface area contributed by atoms with Gasteiger partial charge in [-0.15, -0.1) is 0 Å². The molecule has 0 rings (SSSR count). The van der Waals surface area contributed by atoms with Gasteiger partial charge in [-0.25, -0.2) is 0 Å². The molecule has 0 aromatic carbocycles. The Bertz CT molecular complexity index is 209. The van der Waals surface area contributed by atoms with Crippen LogP contribution in [0.2, 0.25) is 0 Å². The number of hydrogen-bond acceptors (Lipinski definition) is 1. The molecule has 0 saturated heterocycles. The van der Waals surface area contributed by atoms with E-state index in [-0.39, 0.29) is 5.41 Å². The first-order valence-electron chi connectivity index (χ1n) is 7.09. The average molecular weight is 242 g/mol. The predicted octanol–water partition coefficient (Wildman–Crippen LogP) is 4.87. The second kappa shape index (κ2) is 8.54. The van der Waals surface area contributed by atoms with E-state index >= 15 is 0 Å². The van der Waals surface area contributed by atoms with Gasteiger partial charge in [0.15, 0.2) is 0 Å². The van der Waals surface area contributed by atoms with E-state index in [1.54, 1.807) is 0 Å². The van der Waals surface area contributed by atoms with Crippen molar-refractivity contribution in [3.63, 3.8) is 0 Å². The minimum absolute atomic E-state index is 0.178. The van der Waals surface area contributed by atoms with Gasteiger partial charge in [0.1, 0.15) is 0 Å². The molecule has 0 spiro atoms. The molecule has 17 heavy (non-hydrogen) atoms. The molecular formula is C15H30O2. The number of hydrogen-bond donors (Lipinski definition) is 1. The monoisotopic (exact) mass is 242 g/mol. The van der Waals surface area contributed by atoms with Gasteiger partial charge < -0.3 is 5.11 Å². The molecular weight excluding hydrogens is 212 g/mol. The van der Waals surface area contributed by atoms with Crippen molar-refractivity contribution in [3.05, 3.63) is 0 Å². The Labute approximate surface area is 107 Å². The van der Waals surface area contributed by atoms with Crippen molar-refractivity contribution in [1.82, 2.24) is 0 Å². The highest BCUT2D eigenvalue weighted by Crippen LogP contribution is 2.31. The zero-order chi connectivity index (χ0) is 13.3. The zero-order valence-corrected chi connectivity index (χ0v) is 12.1. The average Bonchev–Trinajstić information content (AvgIpc) is 2.25. The SMILES string of the molecule is CCCCCC(C)CCC(C)(C)CCC(=O)O. The molecule has 0 aromatic heterocycles. The molecule has 0 aliphatic carbocycles. The van der Waals surface area contributed by atoms with Crippen LogP contribution >= 0.6 is 0 Å². The summed E-state index contributed by atoms with van der Waals surface area (Å²) < 4.78 is 0. The lowest BCUT2D eigenvalue weighted by molar-refractivity contribution is -0.137. The summed E-state index contributed by atoms with van der Waals surface area (Å²) in [5, 5.41) is 8.70. The lowest BCUT2D eigenvalue weighted by Gasteiger charge is -2.25. The minimum Gasteiger partial charge on any atom is -0.481 e. The molecule has 0 aliphatic heterocycles. The van der Waals surface area contributed by atoms with Crippen molar-refractivity contribution in [2.45, 2.75) is 79.1 Å². The number of aliphatic carboxylic acids is 1. The van der Waals surface area contributed by atoms with Gasteiger partial charge in [-0.3, -0.25) is 4.79 Å². The molecule has 0 saturated carbocycles. The molecule has 0 amide bonds. The highest BCUT2D eigenvalue weighted by atomic mass is 16.4. The maximum Gasteiger partial charge on any atom is 0.303 e. The van der Waals surface area contributed by atoms with E-state index in [0.29, 0.717) is 6.42 Å². The summed E-state index contributed by atoms with van der Waals surface area (Å²) in [5.74, 6) is 0.111. The maximum absolute atomic E-state index is 10.6. The summed E-state index contributed by atoms with van der Waals surface area (Å²) in [6.45, 7) is 8.94. The fourth-order valence-corrected chi connectivity index (χ4v) is 2.09. The Morgan fingerprint density at radius 1 is 1.18 bits per heavy atom. The Morgan fingerprint density at radius 3 is 2.35 bits per heavy atom. The molecule has 0 heterocycles. The van der Waals surface area contributed by atoms with E-state index in [1.807, 2.05) is 0 Å². The van der Waals surface area contributed by atoms with Crippen LogP contribution in [-0.4, -0.2) is 11.1 Å². The van der Waals surface area contributed by atoms with Crippen LogP contribution in [0.1, 0.15) is 79.1 Å². The van der Waals surface area contributed by atoms with Crippen LogP contribution in [0, 0.1) is 11.3 Å². The van der Waals surface area contributed by atoms with Gasteiger partial charge in [-0.1, -0.05) is 59.8 Å². The summed E-state index contributed by atoms with van der Waals surface area (Å²) >= 11 is 0. The molecule has 1 atom stereocenters. The molecule has 0 radical (unpaired) electrons. The quantitative estimate of drug-likeness (QED) is 0.555. The lowest BCUT2D eigenvalue weighted by atomic mass is 9.80. The van der Waals surface area contributed by atoms with Crippen LogP contribution in [0.25, 0.3) is 0 Å². The van der Waals surface area contributed by atoms with Crippen molar-refractivity contribution in [2.24, 2.45) is 11.3 Å². The summed E-state index contributed by atoms with van der Waals surface area (Å²) in [7, 11) is 0. The fraction of sp³-hybridized carbons (Fsp3) is 0.933. The first-order chi connectivity index (χ1) is 7.87. The molecule has 2 nitrogen and oxygen atoms in total. The fourth-order valence-electron chi connectivity index (χ4n) is 2.09. The Balaban J connectivity index is 3.72. The summed E-state index contributed by atoms with van der Waals surface area (Å²) in [4.78, 5) is 10.6. The van der Waals surface area contributed by atoms with Gasteiger partial charge in [0.2, 0.25) is 0 Å². The van der Waals surface area contributed by atoms with E-state index in [0.717, 1.165) is 18.8 Å². The summed E-state index contributed by atoms with van der Waals surface area (Å²) in [6.07, 6.45) is 8.77.